The third kappa shape index (κ3) is 4.37. The summed E-state index contributed by atoms with van der Waals surface area (Å²) in [4.78, 5) is 26.0. The van der Waals surface area contributed by atoms with E-state index in [1.165, 1.54) is 17.5 Å². The Morgan fingerprint density at radius 3 is 2.53 bits per heavy atom. The number of nitrogens with zero attached hydrogens (tertiary/aromatic N) is 7. The zero-order valence-electron chi connectivity index (χ0n) is 16.8. The van der Waals surface area contributed by atoms with Gasteiger partial charge in [0.2, 0.25) is 5.82 Å². The summed E-state index contributed by atoms with van der Waals surface area (Å²) < 4.78 is 7.41. The van der Waals surface area contributed by atoms with Crippen LogP contribution in [0, 0.1) is 17.0 Å². The molecule has 0 atom stereocenters. The van der Waals surface area contributed by atoms with Crippen LogP contribution in [0.15, 0.2) is 36.9 Å². The van der Waals surface area contributed by atoms with Gasteiger partial charge >= 0.3 is 5.69 Å². The van der Waals surface area contributed by atoms with Gasteiger partial charge in [0, 0.05) is 26.1 Å². The molecule has 0 fully saturated rings. The first-order valence-corrected chi connectivity index (χ1v) is 9.92. The monoisotopic (exact) mass is 409 g/mol. The lowest BCUT2D eigenvalue weighted by Crippen LogP contribution is -2.28. The van der Waals surface area contributed by atoms with Crippen LogP contribution >= 0.6 is 0 Å². The van der Waals surface area contributed by atoms with Crippen molar-refractivity contribution in [3.05, 3.63) is 64.0 Å². The normalized spacial score (nSPS) is 13.6. The second kappa shape index (κ2) is 8.85. The highest BCUT2D eigenvalue weighted by Gasteiger charge is 2.30. The van der Waals surface area contributed by atoms with Gasteiger partial charge in [0.25, 0.3) is 5.88 Å². The molecule has 0 amide bonds. The van der Waals surface area contributed by atoms with E-state index in [2.05, 4.69) is 32.2 Å². The summed E-state index contributed by atoms with van der Waals surface area (Å²) >= 11 is 0. The molecule has 156 valence electrons. The molecule has 0 radical (unpaired) electrons. The van der Waals surface area contributed by atoms with Crippen molar-refractivity contribution in [1.29, 1.82) is 0 Å². The van der Waals surface area contributed by atoms with Crippen molar-refractivity contribution < 1.29 is 9.66 Å². The Labute approximate surface area is 173 Å². The Bertz CT molecular complexity index is 996. The summed E-state index contributed by atoms with van der Waals surface area (Å²) in [5.74, 6) is 0.790. The first-order chi connectivity index (χ1) is 14.6. The van der Waals surface area contributed by atoms with E-state index in [0.717, 1.165) is 12.8 Å². The summed E-state index contributed by atoms with van der Waals surface area (Å²) in [6.45, 7) is 3.92. The molecular weight excluding hydrogens is 386 g/mol. The van der Waals surface area contributed by atoms with Crippen molar-refractivity contribution in [1.82, 2.24) is 24.7 Å². The van der Waals surface area contributed by atoms with E-state index in [9.17, 15) is 10.1 Å². The Morgan fingerprint density at radius 1 is 1.17 bits per heavy atom. The Hall–Kier alpha value is -3.56. The highest BCUT2D eigenvalue weighted by atomic mass is 16.6. The van der Waals surface area contributed by atoms with E-state index in [1.54, 1.807) is 17.9 Å². The van der Waals surface area contributed by atoms with Crippen LogP contribution in [0.25, 0.3) is 0 Å². The summed E-state index contributed by atoms with van der Waals surface area (Å²) in [5.41, 5.74) is 2.38. The molecule has 4 rings (SSSR count). The zero-order valence-corrected chi connectivity index (χ0v) is 16.8. The molecular formula is C20H23N7O3. The average Bonchev–Trinajstić information content (AvgIpc) is 3.15. The lowest BCUT2D eigenvalue weighted by Gasteiger charge is -2.22. The van der Waals surface area contributed by atoms with Gasteiger partial charge in [0.05, 0.1) is 11.5 Å². The van der Waals surface area contributed by atoms with Crippen molar-refractivity contribution in [2.24, 2.45) is 0 Å². The van der Waals surface area contributed by atoms with Crippen LogP contribution in [0.3, 0.4) is 0 Å². The summed E-state index contributed by atoms with van der Waals surface area (Å²) in [5, 5.41) is 15.9. The number of hydrogen-bond acceptors (Lipinski definition) is 8. The average molecular weight is 409 g/mol. The van der Waals surface area contributed by atoms with E-state index in [-0.39, 0.29) is 18.2 Å². The molecule has 0 bridgehead atoms. The highest BCUT2D eigenvalue weighted by Crippen LogP contribution is 2.35. The van der Waals surface area contributed by atoms with Crippen molar-refractivity contribution in [3.63, 3.8) is 0 Å². The maximum Gasteiger partial charge on any atom is 0.372 e. The summed E-state index contributed by atoms with van der Waals surface area (Å²) in [6.07, 6.45) is 5.32. The van der Waals surface area contributed by atoms with Gasteiger partial charge in [-0.3, -0.25) is 14.8 Å². The van der Waals surface area contributed by atoms with Crippen LogP contribution in [0.5, 0.6) is 5.88 Å². The van der Waals surface area contributed by atoms with Crippen LogP contribution in [0.2, 0.25) is 0 Å². The van der Waals surface area contributed by atoms with Crippen molar-refractivity contribution in [2.45, 2.75) is 32.7 Å². The molecule has 10 heteroatoms. The fourth-order valence-corrected chi connectivity index (χ4v) is 3.63. The molecule has 10 nitrogen and oxygen atoms in total. The second-order valence-corrected chi connectivity index (χ2v) is 7.12. The van der Waals surface area contributed by atoms with Crippen molar-refractivity contribution in [2.75, 3.05) is 24.6 Å². The highest BCUT2D eigenvalue weighted by molar-refractivity contribution is 5.63. The number of hydrogen-bond donors (Lipinski definition) is 0. The number of nitro groups is 1. The maximum absolute atomic E-state index is 11.9. The number of fused-ring (bicyclic) bond motifs is 1. The minimum atomic E-state index is -0.445. The molecule has 0 saturated carbocycles. The van der Waals surface area contributed by atoms with Crippen LogP contribution in [0.1, 0.15) is 23.4 Å². The molecule has 3 heterocycles. The quantitative estimate of drug-likeness (QED) is 0.332. The van der Waals surface area contributed by atoms with Gasteiger partial charge in [-0.2, -0.15) is 10.1 Å². The molecule has 30 heavy (non-hydrogen) atoms. The molecule has 1 aliphatic rings. The molecule has 3 aromatic rings. The van der Waals surface area contributed by atoms with Gasteiger partial charge in [-0.25, -0.2) is 9.97 Å². The third-order valence-electron chi connectivity index (χ3n) is 5.08. The lowest BCUT2D eigenvalue weighted by molar-refractivity contribution is -0.385. The first kappa shape index (κ1) is 19.7. The number of benzene rings is 1. The maximum atomic E-state index is 11.9. The van der Waals surface area contributed by atoms with E-state index < -0.39 is 4.92 Å². The van der Waals surface area contributed by atoms with Crippen LogP contribution in [-0.4, -0.2) is 49.4 Å². The van der Waals surface area contributed by atoms with E-state index >= 15 is 0 Å². The lowest BCUT2D eigenvalue weighted by atomic mass is 10.0. The molecule has 1 aromatic carbocycles. The Kier molecular flexibility index (Phi) is 5.82. The fourth-order valence-electron chi connectivity index (χ4n) is 3.63. The van der Waals surface area contributed by atoms with Gasteiger partial charge in [0.15, 0.2) is 0 Å². The Balaban J connectivity index is 1.53. The second-order valence-electron chi connectivity index (χ2n) is 7.12. The molecule has 2 aromatic heterocycles. The molecule has 0 aliphatic carbocycles. The summed E-state index contributed by atoms with van der Waals surface area (Å²) in [6, 6.07) is 8.28. The summed E-state index contributed by atoms with van der Waals surface area (Å²) in [7, 11) is 0. The minimum Gasteiger partial charge on any atom is -0.473 e. The molecule has 0 N–H and O–H groups in total. The first-order valence-electron chi connectivity index (χ1n) is 9.92. The molecule has 0 saturated heterocycles. The van der Waals surface area contributed by atoms with Crippen molar-refractivity contribution in [3.8, 4) is 5.88 Å². The van der Waals surface area contributed by atoms with E-state index in [1.807, 2.05) is 17.0 Å². The number of aryl methyl sites for hydroxylation is 2. The van der Waals surface area contributed by atoms with Gasteiger partial charge in [-0.15, -0.1) is 0 Å². The van der Waals surface area contributed by atoms with Gasteiger partial charge in [-0.05, 0) is 30.9 Å². The number of aromatic nitrogens is 5. The van der Waals surface area contributed by atoms with Gasteiger partial charge in [-0.1, -0.05) is 24.3 Å². The van der Waals surface area contributed by atoms with E-state index in [4.69, 9.17) is 4.74 Å². The molecule has 0 unspecified atom stereocenters. The molecule has 1 aliphatic heterocycles. The standard InChI is InChI=1S/C20H23N7O3/c1-15-23-19(25-10-7-16-5-2-3-6-17(16)8-11-25)18(27(28)29)20(24-15)30-12-4-9-26-14-21-13-22-26/h2-3,5-6,13-14H,4,7-12H2,1H3. The smallest absolute Gasteiger partial charge is 0.372 e. The van der Waals surface area contributed by atoms with Gasteiger partial charge in [0.1, 0.15) is 18.5 Å². The van der Waals surface area contributed by atoms with Gasteiger partial charge < -0.3 is 9.64 Å². The predicted molar refractivity (Wildman–Crippen MR) is 110 cm³/mol. The fraction of sp³-hybridized carbons (Fsp3) is 0.400. The number of anilines is 1. The SMILES string of the molecule is Cc1nc(OCCCn2cncn2)c([N+](=O)[O-])c(N2CCc3ccccc3CC2)n1. The third-order valence-corrected chi connectivity index (χ3v) is 5.08. The van der Waals surface area contributed by atoms with Crippen LogP contribution in [0.4, 0.5) is 11.5 Å². The van der Waals surface area contributed by atoms with Crippen molar-refractivity contribution >= 4 is 11.5 Å². The topological polar surface area (TPSA) is 112 Å². The minimum absolute atomic E-state index is 0.0165. The predicted octanol–water partition coefficient (Wildman–Crippen LogP) is 2.36. The number of rotatable bonds is 7. The Morgan fingerprint density at radius 2 is 1.90 bits per heavy atom. The zero-order chi connectivity index (χ0) is 20.9. The largest absolute Gasteiger partial charge is 0.473 e. The molecule has 0 spiro atoms. The van der Waals surface area contributed by atoms with E-state index in [0.29, 0.717) is 37.7 Å². The van der Waals surface area contributed by atoms with Crippen LogP contribution in [-0.2, 0) is 19.4 Å². The van der Waals surface area contributed by atoms with Crippen LogP contribution < -0.4 is 9.64 Å². The number of ether oxygens (including phenoxy) is 1.